The third kappa shape index (κ3) is 1.98. The second kappa shape index (κ2) is 3.29. The molecule has 0 spiro atoms. The number of rotatable bonds is 1. The fourth-order valence-corrected chi connectivity index (χ4v) is 0.896. The molecule has 1 aromatic rings. The summed E-state index contributed by atoms with van der Waals surface area (Å²) in [6.45, 7) is 0. The van der Waals surface area contributed by atoms with E-state index in [1.165, 1.54) is 12.1 Å². The molecule has 11 heavy (non-hydrogen) atoms. The number of nitrogens with two attached hydrogens (primary N) is 1. The Morgan fingerprint density at radius 1 is 1.45 bits per heavy atom. The van der Waals surface area contributed by atoms with Crippen molar-refractivity contribution in [2.75, 3.05) is 5.73 Å². The number of halogens is 3. The predicted molar refractivity (Wildman–Crippen MR) is 46.3 cm³/mol. The third-order valence-corrected chi connectivity index (χ3v) is 2.03. The number of pyridine rings is 1. The first-order valence-electron chi connectivity index (χ1n) is 2.81. The maximum absolute atomic E-state index is 12.0. The van der Waals surface area contributed by atoms with Crippen LogP contribution in [0.3, 0.4) is 0 Å². The Labute approximate surface area is 75.9 Å². The van der Waals surface area contributed by atoms with Crippen molar-refractivity contribution in [1.29, 1.82) is 0 Å². The fraction of sp³-hybridized carbons (Fsp3) is 0.167. The van der Waals surface area contributed by atoms with E-state index >= 15 is 0 Å². The SMILES string of the molecule is Nc1nc(C(F)F)ccc1I. The van der Waals surface area contributed by atoms with Gasteiger partial charge in [-0.1, -0.05) is 0 Å². The first kappa shape index (κ1) is 8.63. The lowest BCUT2D eigenvalue weighted by Crippen LogP contribution is -1.98. The summed E-state index contributed by atoms with van der Waals surface area (Å²) in [5.41, 5.74) is 5.03. The molecule has 5 heteroatoms. The number of hydrogen-bond acceptors (Lipinski definition) is 2. The van der Waals surface area contributed by atoms with Crippen LogP contribution < -0.4 is 5.73 Å². The van der Waals surface area contributed by atoms with Crippen LogP contribution in [0.15, 0.2) is 12.1 Å². The molecule has 0 saturated carbocycles. The average molecular weight is 270 g/mol. The minimum Gasteiger partial charge on any atom is -0.383 e. The molecule has 2 nitrogen and oxygen atoms in total. The van der Waals surface area contributed by atoms with Crippen LogP contribution in [0.2, 0.25) is 0 Å². The fourth-order valence-electron chi connectivity index (χ4n) is 0.595. The average Bonchev–Trinajstić information content (AvgIpc) is 1.94. The van der Waals surface area contributed by atoms with E-state index in [0.29, 0.717) is 3.57 Å². The van der Waals surface area contributed by atoms with Gasteiger partial charge in [-0.15, -0.1) is 0 Å². The molecular weight excluding hydrogens is 265 g/mol. The highest BCUT2D eigenvalue weighted by Crippen LogP contribution is 2.19. The van der Waals surface area contributed by atoms with Crippen LogP contribution in [0.25, 0.3) is 0 Å². The molecule has 0 radical (unpaired) electrons. The van der Waals surface area contributed by atoms with Crippen LogP contribution in [0.4, 0.5) is 14.6 Å². The van der Waals surface area contributed by atoms with E-state index in [1.807, 2.05) is 22.6 Å². The van der Waals surface area contributed by atoms with Gasteiger partial charge in [-0.25, -0.2) is 13.8 Å². The highest BCUT2D eigenvalue weighted by Gasteiger charge is 2.09. The summed E-state index contributed by atoms with van der Waals surface area (Å²) in [4.78, 5) is 3.49. The van der Waals surface area contributed by atoms with Crippen molar-refractivity contribution in [3.8, 4) is 0 Å². The van der Waals surface area contributed by atoms with E-state index in [9.17, 15) is 8.78 Å². The van der Waals surface area contributed by atoms with E-state index in [0.717, 1.165) is 0 Å². The summed E-state index contributed by atoms with van der Waals surface area (Å²) < 4.78 is 24.6. The molecule has 0 fully saturated rings. The van der Waals surface area contributed by atoms with Gasteiger partial charge in [0, 0.05) is 0 Å². The van der Waals surface area contributed by atoms with E-state index < -0.39 is 6.43 Å². The molecule has 1 heterocycles. The van der Waals surface area contributed by atoms with Crippen molar-refractivity contribution in [3.05, 3.63) is 21.4 Å². The highest BCUT2D eigenvalue weighted by atomic mass is 127. The molecule has 2 N–H and O–H groups in total. The molecule has 0 amide bonds. The molecule has 1 aromatic heterocycles. The molecule has 0 bridgehead atoms. The van der Waals surface area contributed by atoms with Gasteiger partial charge < -0.3 is 5.73 Å². The van der Waals surface area contributed by atoms with Crippen molar-refractivity contribution in [2.24, 2.45) is 0 Å². The predicted octanol–water partition coefficient (Wildman–Crippen LogP) is 2.21. The minimum absolute atomic E-state index is 0.156. The number of alkyl halides is 2. The lowest BCUT2D eigenvalue weighted by atomic mass is 10.3. The molecule has 0 aliphatic heterocycles. The lowest BCUT2D eigenvalue weighted by molar-refractivity contribution is 0.146. The second-order valence-electron chi connectivity index (χ2n) is 1.90. The largest absolute Gasteiger partial charge is 0.383 e. The van der Waals surface area contributed by atoms with Gasteiger partial charge in [0.2, 0.25) is 0 Å². The molecule has 0 aromatic carbocycles. The van der Waals surface area contributed by atoms with E-state index in [-0.39, 0.29) is 11.5 Å². The Morgan fingerprint density at radius 3 is 2.55 bits per heavy atom. The van der Waals surface area contributed by atoms with E-state index in [4.69, 9.17) is 5.73 Å². The van der Waals surface area contributed by atoms with Crippen molar-refractivity contribution in [1.82, 2.24) is 4.98 Å². The van der Waals surface area contributed by atoms with Crippen molar-refractivity contribution in [3.63, 3.8) is 0 Å². The zero-order valence-corrected chi connectivity index (χ0v) is 7.55. The number of nitrogens with zero attached hydrogens (tertiary/aromatic N) is 1. The normalized spacial score (nSPS) is 10.5. The molecular formula is C6H5F2IN2. The smallest absolute Gasteiger partial charge is 0.280 e. The summed E-state index contributed by atoms with van der Waals surface area (Å²) in [6, 6.07) is 2.78. The van der Waals surface area contributed by atoms with Gasteiger partial charge in [0.25, 0.3) is 6.43 Å². The Bertz CT molecular complexity index is 265. The summed E-state index contributed by atoms with van der Waals surface area (Å²) in [6.07, 6.45) is -2.55. The zero-order valence-electron chi connectivity index (χ0n) is 5.39. The Hall–Kier alpha value is -0.460. The van der Waals surface area contributed by atoms with Gasteiger partial charge in [-0.3, -0.25) is 0 Å². The first-order valence-corrected chi connectivity index (χ1v) is 3.89. The van der Waals surface area contributed by atoms with Gasteiger partial charge in [-0.05, 0) is 34.7 Å². The summed E-state index contributed by atoms with van der Waals surface area (Å²) in [5.74, 6) is 0.156. The Morgan fingerprint density at radius 2 is 2.09 bits per heavy atom. The minimum atomic E-state index is -2.55. The summed E-state index contributed by atoms with van der Waals surface area (Å²) in [5, 5.41) is 0. The lowest BCUT2D eigenvalue weighted by Gasteiger charge is -2.00. The van der Waals surface area contributed by atoms with Crippen molar-refractivity contribution < 1.29 is 8.78 Å². The van der Waals surface area contributed by atoms with Gasteiger partial charge in [0.1, 0.15) is 11.5 Å². The zero-order chi connectivity index (χ0) is 8.43. The first-order chi connectivity index (χ1) is 5.11. The van der Waals surface area contributed by atoms with Gasteiger partial charge in [0.05, 0.1) is 3.57 Å². The van der Waals surface area contributed by atoms with Crippen LogP contribution >= 0.6 is 22.6 Å². The third-order valence-electron chi connectivity index (χ3n) is 1.12. The molecule has 0 atom stereocenters. The molecule has 0 aliphatic rings. The maximum atomic E-state index is 12.0. The molecule has 60 valence electrons. The Kier molecular flexibility index (Phi) is 2.58. The summed E-state index contributed by atoms with van der Waals surface area (Å²) >= 11 is 1.93. The van der Waals surface area contributed by atoms with Crippen molar-refractivity contribution in [2.45, 2.75) is 6.43 Å². The van der Waals surface area contributed by atoms with Crippen molar-refractivity contribution >= 4 is 28.4 Å². The highest BCUT2D eigenvalue weighted by molar-refractivity contribution is 14.1. The van der Waals surface area contributed by atoms with Crippen LogP contribution in [0.1, 0.15) is 12.1 Å². The van der Waals surface area contributed by atoms with Gasteiger partial charge in [0.15, 0.2) is 0 Å². The number of hydrogen-bond donors (Lipinski definition) is 1. The monoisotopic (exact) mass is 270 g/mol. The molecule has 0 aliphatic carbocycles. The molecule has 0 saturated heterocycles. The maximum Gasteiger partial charge on any atom is 0.280 e. The summed E-state index contributed by atoms with van der Waals surface area (Å²) in [7, 11) is 0. The van der Waals surface area contributed by atoms with Gasteiger partial charge >= 0.3 is 0 Å². The van der Waals surface area contributed by atoms with Crippen LogP contribution in [0.5, 0.6) is 0 Å². The number of anilines is 1. The van der Waals surface area contributed by atoms with Crippen LogP contribution in [-0.2, 0) is 0 Å². The topological polar surface area (TPSA) is 38.9 Å². The second-order valence-corrected chi connectivity index (χ2v) is 3.07. The van der Waals surface area contributed by atoms with E-state index in [1.54, 1.807) is 0 Å². The van der Waals surface area contributed by atoms with E-state index in [2.05, 4.69) is 4.98 Å². The molecule has 0 unspecified atom stereocenters. The number of aromatic nitrogens is 1. The Balaban J connectivity index is 3.05. The molecule has 1 rings (SSSR count). The number of nitrogen functional groups attached to an aromatic ring is 1. The van der Waals surface area contributed by atoms with Crippen LogP contribution in [0, 0.1) is 3.57 Å². The van der Waals surface area contributed by atoms with Gasteiger partial charge in [-0.2, -0.15) is 0 Å². The standard InChI is InChI=1S/C6H5F2IN2/c7-5(8)4-2-1-3(9)6(10)11-4/h1-2,5H,(H2,10,11). The van der Waals surface area contributed by atoms with Crippen LogP contribution in [-0.4, -0.2) is 4.98 Å². The quantitative estimate of drug-likeness (QED) is 0.794.